The minimum Gasteiger partial charge on any atom is -0.348 e. The van der Waals surface area contributed by atoms with Crippen LogP contribution in [-0.2, 0) is 11.2 Å². The lowest BCUT2D eigenvalue weighted by Crippen LogP contribution is -2.47. The molecule has 0 bridgehead atoms. The first kappa shape index (κ1) is 14.1. The van der Waals surface area contributed by atoms with Gasteiger partial charge in [0.2, 0.25) is 5.91 Å². The quantitative estimate of drug-likeness (QED) is 0.873. The van der Waals surface area contributed by atoms with Crippen LogP contribution in [-0.4, -0.2) is 18.5 Å². The summed E-state index contributed by atoms with van der Waals surface area (Å²) >= 11 is 0. The van der Waals surface area contributed by atoms with Gasteiger partial charge in [-0.3, -0.25) is 4.79 Å². The molecule has 1 aliphatic heterocycles. The van der Waals surface area contributed by atoms with Crippen molar-refractivity contribution in [3.05, 3.63) is 35.4 Å². The van der Waals surface area contributed by atoms with E-state index < -0.39 is 0 Å². The van der Waals surface area contributed by atoms with Crippen LogP contribution < -0.4 is 10.6 Å². The molecule has 104 valence electrons. The monoisotopic (exact) mass is 260 g/mol. The normalized spacial score (nSPS) is 20.8. The lowest BCUT2D eigenvalue weighted by atomic mass is 10.0. The molecule has 1 aromatic carbocycles. The van der Waals surface area contributed by atoms with Crippen LogP contribution in [0, 0.1) is 0 Å². The zero-order valence-electron chi connectivity index (χ0n) is 11.9. The van der Waals surface area contributed by atoms with Crippen LogP contribution in [0.5, 0.6) is 0 Å². The minimum atomic E-state index is -0.00823. The van der Waals surface area contributed by atoms with Crippen molar-refractivity contribution in [2.45, 2.75) is 51.6 Å². The Labute approximate surface area is 115 Å². The number of amides is 1. The topological polar surface area (TPSA) is 41.1 Å². The predicted molar refractivity (Wildman–Crippen MR) is 78.0 cm³/mol. The van der Waals surface area contributed by atoms with Crippen LogP contribution in [0.4, 0.5) is 0 Å². The summed E-state index contributed by atoms with van der Waals surface area (Å²) in [4.78, 5) is 12.1. The van der Waals surface area contributed by atoms with E-state index in [1.165, 1.54) is 17.5 Å². The fourth-order valence-corrected chi connectivity index (χ4v) is 2.51. The lowest BCUT2D eigenvalue weighted by Gasteiger charge is -2.24. The Kier molecular flexibility index (Phi) is 4.97. The molecule has 1 fully saturated rings. The summed E-state index contributed by atoms with van der Waals surface area (Å²) in [5, 5.41) is 6.38. The summed E-state index contributed by atoms with van der Waals surface area (Å²) < 4.78 is 0. The smallest absolute Gasteiger partial charge is 0.237 e. The SMILES string of the molecule is CCc1ccc(C(C)NC(=O)[C@@H]2CCCCN2)cc1. The molecule has 2 atom stereocenters. The fourth-order valence-electron chi connectivity index (χ4n) is 2.51. The van der Waals surface area contributed by atoms with Gasteiger partial charge in [-0.15, -0.1) is 0 Å². The molecule has 0 aromatic heterocycles. The molecule has 0 radical (unpaired) electrons. The molecule has 1 heterocycles. The van der Waals surface area contributed by atoms with Crippen molar-refractivity contribution in [1.29, 1.82) is 0 Å². The highest BCUT2D eigenvalue weighted by atomic mass is 16.2. The summed E-state index contributed by atoms with van der Waals surface area (Å²) in [6.07, 6.45) is 4.32. The van der Waals surface area contributed by atoms with Gasteiger partial charge in [0.05, 0.1) is 12.1 Å². The molecule has 1 saturated heterocycles. The molecule has 1 unspecified atom stereocenters. The Morgan fingerprint density at radius 2 is 2.11 bits per heavy atom. The van der Waals surface area contributed by atoms with Crippen LogP contribution in [0.3, 0.4) is 0 Å². The Morgan fingerprint density at radius 1 is 1.37 bits per heavy atom. The van der Waals surface area contributed by atoms with Crippen LogP contribution in [0.25, 0.3) is 0 Å². The van der Waals surface area contributed by atoms with E-state index in [1.54, 1.807) is 0 Å². The van der Waals surface area contributed by atoms with E-state index in [0.29, 0.717) is 0 Å². The Hall–Kier alpha value is -1.35. The van der Waals surface area contributed by atoms with Crippen molar-refractivity contribution in [3.63, 3.8) is 0 Å². The highest BCUT2D eigenvalue weighted by Crippen LogP contribution is 2.15. The maximum Gasteiger partial charge on any atom is 0.237 e. The number of carbonyl (C=O) groups excluding carboxylic acids is 1. The van der Waals surface area contributed by atoms with E-state index in [4.69, 9.17) is 0 Å². The third kappa shape index (κ3) is 3.80. The molecule has 2 rings (SSSR count). The number of hydrogen-bond donors (Lipinski definition) is 2. The van der Waals surface area contributed by atoms with Gasteiger partial charge in [0.25, 0.3) is 0 Å². The van der Waals surface area contributed by atoms with E-state index in [2.05, 4.69) is 41.8 Å². The largest absolute Gasteiger partial charge is 0.348 e. The zero-order valence-corrected chi connectivity index (χ0v) is 11.9. The van der Waals surface area contributed by atoms with E-state index >= 15 is 0 Å². The minimum absolute atomic E-state index is 0.00823. The Bertz CT molecular complexity index is 407. The van der Waals surface area contributed by atoms with Gasteiger partial charge >= 0.3 is 0 Å². The highest BCUT2D eigenvalue weighted by Gasteiger charge is 2.21. The van der Waals surface area contributed by atoms with Gasteiger partial charge in [0, 0.05) is 0 Å². The highest BCUT2D eigenvalue weighted by molar-refractivity contribution is 5.82. The van der Waals surface area contributed by atoms with Crippen molar-refractivity contribution in [1.82, 2.24) is 10.6 Å². The summed E-state index contributed by atoms with van der Waals surface area (Å²) in [5.41, 5.74) is 2.50. The number of piperidine rings is 1. The van der Waals surface area contributed by atoms with Gasteiger partial charge in [0.15, 0.2) is 0 Å². The van der Waals surface area contributed by atoms with Gasteiger partial charge < -0.3 is 10.6 Å². The van der Waals surface area contributed by atoms with Crippen molar-refractivity contribution in [3.8, 4) is 0 Å². The number of hydrogen-bond acceptors (Lipinski definition) is 2. The average molecular weight is 260 g/mol. The van der Waals surface area contributed by atoms with Gasteiger partial charge in [0.1, 0.15) is 0 Å². The zero-order chi connectivity index (χ0) is 13.7. The molecule has 3 heteroatoms. The van der Waals surface area contributed by atoms with Crippen LogP contribution in [0.2, 0.25) is 0 Å². The second-order valence-electron chi connectivity index (χ2n) is 5.33. The van der Waals surface area contributed by atoms with Crippen molar-refractivity contribution in [2.75, 3.05) is 6.54 Å². The summed E-state index contributed by atoms with van der Waals surface area (Å²) in [6.45, 7) is 5.15. The van der Waals surface area contributed by atoms with Gasteiger partial charge in [-0.05, 0) is 43.9 Å². The molecule has 3 nitrogen and oxygen atoms in total. The lowest BCUT2D eigenvalue weighted by molar-refractivity contribution is -0.124. The first-order chi connectivity index (χ1) is 9.20. The second-order valence-corrected chi connectivity index (χ2v) is 5.33. The number of aryl methyl sites for hydroxylation is 1. The molecule has 1 aliphatic rings. The van der Waals surface area contributed by atoms with Crippen LogP contribution >= 0.6 is 0 Å². The Balaban J connectivity index is 1.91. The average Bonchev–Trinajstić information content (AvgIpc) is 2.48. The van der Waals surface area contributed by atoms with E-state index in [1.807, 2.05) is 6.92 Å². The summed E-state index contributed by atoms with van der Waals surface area (Å²) in [6, 6.07) is 8.55. The molecule has 19 heavy (non-hydrogen) atoms. The van der Waals surface area contributed by atoms with Gasteiger partial charge in [-0.1, -0.05) is 37.6 Å². The third-order valence-electron chi connectivity index (χ3n) is 3.87. The van der Waals surface area contributed by atoms with E-state index in [0.717, 1.165) is 25.8 Å². The van der Waals surface area contributed by atoms with Gasteiger partial charge in [-0.2, -0.15) is 0 Å². The van der Waals surface area contributed by atoms with Crippen LogP contribution in [0.15, 0.2) is 24.3 Å². The first-order valence-corrected chi connectivity index (χ1v) is 7.33. The first-order valence-electron chi connectivity index (χ1n) is 7.33. The molecular weight excluding hydrogens is 236 g/mol. The maximum atomic E-state index is 12.1. The van der Waals surface area contributed by atoms with E-state index in [9.17, 15) is 4.79 Å². The summed E-state index contributed by atoms with van der Waals surface area (Å²) in [5.74, 6) is 0.131. The number of nitrogens with one attached hydrogen (secondary N) is 2. The molecule has 1 amide bonds. The molecule has 0 spiro atoms. The Morgan fingerprint density at radius 3 is 2.68 bits per heavy atom. The molecule has 0 saturated carbocycles. The predicted octanol–water partition coefficient (Wildman–Crippen LogP) is 2.57. The standard InChI is InChI=1S/C16H24N2O/c1-3-13-7-9-14(10-8-13)12(2)18-16(19)15-6-4-5-11-17-15/h7-10,12,15,17H,3-6,11H2,1-2H3,(H,18,19)/t12?,15-/m0/s1. The van der Waals surface area contributed by atoms with Crippen molar-refractivity contribution >= 4 is 5.91 Å². The van der Waals surface area contributed by atoms with Crippen LogP contribution in [0.1, 0.15) is 50.3 Å². The molecular formula is C16H24N2O. The van der Waals surface area contributed by atoms with E-state index in [-0.39, 0.29) is 18.0 Å². The maximum absolute atomic E-state index is 12.1. The van der Waals surface area contributed by atoms with Gasteiger partial charge in [-0.25, -0.2) is 0 Å². The second kappa shape index (κ2) is 6.71. The molecule has 1 aromatic rings. The summed E-state index contributed by atoms with van der Waals surface area (Å²) in [7, 11) is 0. The van der Waals surface area contributed by atoms with Crippen molar-refractivity contribution in [2.24, 2.45) is 0 Å². The molecule has 2 N–H and O–H groups in total. The number of benzene rings is 1. The number of carbonyl (C=O) groups is 1. The fraction of sp³-hybridized carbons (Fsp3) is 0.562. The third-order valence-corrected chi connectivity index (χ3v) is 3.87. The molecule has 0 aliphatic carbocycles. The van der Waals surface area contributed by atoms with Crippen molar-refractivity contribution < 1.29 is 4.79 Å². The number of rotatable bonds is 4.